The number of carbonyl (C=O) groups excluding carboxylic acids is 1. The lowest BCUT2D eigenvalue weighted by Gasteiger charge is -2.05. The van der Waals surface area contributed by atoms with E-state index >= 15 is 0 Å². The highest BCUT2D eigenvalue weighted by atomic mass is 35.5. The Morgan fingerprint density at radius 1 is 1.32 bits per heavy atom. The summed E-state index contributed by atoms with van der Waals surface area (Å²) in [5.74, 6) is 0.186. The average molecular weight is 280 g/mol. The van der Waals surface area contributed by atoms with E-state index in [1.807, 2.05) is 0 Å². The van der Waals surface area contributed by atoms with E-state index in [1.165, 1.54) is 24.5 Å². The molecule has 1 aromatic carbocycles. The molecular weight excluding hydrogens is 274 g/mol. The van der Waals surface area contributed by atoms with Crippen LogP contribution in [0.15, 0.2) is 30.6 Å². The molecule has 96 valence electrons. The molecular formula is C11H6ClN3O4. The lowest BCUT2D eigenvalue weighted by molar-refractivity contribution is -0.384. The molecule has 0 saturated carbocycles. The van der Waals surface area contributed by atoms with Crippen molar-refractivity contribution in [1.29, 1.82) is 0 Å². The molecule has 8 heteroatoms. The monoisotopic (exact) mass is 279 g/mol. The molecule has 0 radical (unpaired) electrons. The summed E-state index contributed by atoms with van der Waals surface area (Å²) < 4.78 is 5.25. The Labute approximate surface area is 112 Å². The molecule has 0 aliphatic rings. The zero-order valence-corrected chi connectivity index (χ0v) is 10.1. The first-order chi connectivity index (χ1) is 9.10. The third-order valence-corrected chi connectivity index (χ3v) is 2.41. The Morgan fingerprint density at radius 3 is 2.53 bits per heavy atom. The number of carbonyl (C=O) groups is 1. The van der Waals surface area contributed by atoms with Gasteiger partial charge in [0.2, 0.25) is 0 Å². The van der Waals surface area contributed by atoms with Gasteiger partial charge < -0.3 is 4.74 Å². The fraction of sp³-hybridized carbons (Fsp3) is 0. The van der Waals surface area contributed by atoms with Crippen LogP contribution in [0.5, 0.6) is 11.8 Å². The Morgan fingerprint density at radius 2 is 2.00 bits per heavy atom. The molecule has 0 amide bonds. The van der Waals surface area contributed by atoms with Gasteiger partial charge in [-0.2, -0.15) is 0 Å². The molecule has 2 aromatic rings. The number of rotatable bonds is 4. The summed E-state index contributed by atoms with van der Waals surface area (Å²) in [4.78, 5) is 28.0. The molecule has 0 unspecified atom stereocenters. The number of aromatic nitrogens is 2. The molecule has 0 spiro atoms. The SMILES string of the molecule is O=Cc1cnc(Oc2ccc([N+](=O)[O-])cc2Cl)nc1. The predicted molar refractivity (Wildman–Crippen MR) is 65.6 cm³/mol. The molecule has 0 N–H and O–H groups in total. The maximum Gasteiger partial charge on any atom is 0.321 e. The topological polar surface area (TPSA) is 95.2 Å². The van der Waals surface area contributed by atoms with Crippen LogP contribution in [0.4, 0.5) is 5.69 Å². The summed E-state index contributed by atoms with van der Waals surface area (Å²) in [7, 11) is 0. The van der Waals surface area contributed by atoms with Crippen LogP contribution in [0, 0.1) is 10.1 Å². The molecule has 2 rings (SSSR count). The van der Waals surface area contributed by atoms with Gasteiger partial charge in [-0.3, -0.25) is 14.9 Å². The number of benzene rings is 1. The van der Waals surface area contributed by atoms with Gasteiger partial charge in [0.25, 0.3) is 5.69 Å². The third kappa shape index (κ3) is 3.02. The molecule has 0 saturated heterocycles. The molecule has 0 atom stereocenters. The van der Waals surface area contributed by atoms with Crippen molar-refractivity contribution in [3.8, 4) is 11.8 Å². The first-order valence-corrected chi connectivity index (χ1v) is 5.37. The van der Waals surface area contributed by atoms with Crippen LogP contribution in [-0.2, 0) is 0 Å². The van der Waals surface area contributed by atoms with Crippen molar-refractivity contribution >= 4 is 23.6 Å². The van der Waals surface area contributed by atoms with Gasteiger partial charge >= 0.3 is 6.01 Å². The second kappa shape index (κ2) is 5.40. The number of nitro benzene ring substituents is 1. The smallest absolute Gasteiger partial charge is 0.321 e. The maximum atomic E-state index is 10.5. The molecule has 0 aliphatic carbocycles. The van der Waals surface area contributed by atoms with Crippen LogP contribution >= 0.6 is 11.6 Å². The van der Waals surface area contributed by atoms with E-state index in [-0.39, 0.29) is 22.5 Å². The van der Waals surface area contributed by atoms with Gasteiger partial charge in [0.05, 0.1) is 15.5 Å². The highest BCUT2D eigenvalue weighted by Gasteiger charge is 2.11. The van der Waals surface area contributed by atoms with Gasteiger partial charge in [-0.25, -0.2) is 9.97 Å². The van der Waals surface area contributed by atoms with E-state index in [2.05, 4.69) is 9.97 Å². The number of halogens is 1. The predicted octanol–water partition coefficient (Wildman–Crippen LogP) is 2.64. The van der Waals surface area contributed by atoms with Crippen molar-refractivity contribution in [2.24, 2.45) is 0 Å². The van der Waals surface area contributed by atoms with E-state index in [4.69, 9.17) is 16.3 Å². The molecule has 0 fully saturated rings. The van der Waals surface area contributed by atoms with Crippen LogP contribution in [0.1, 0.15) is 10.4 Å². The van der Waals surface area contributed by atoms with Gasteiger partial charge in [-0.05, 0) is 6.07 Å². The highest BCUT2D eigenvalue weighted by Crippen LogP contribution is 2.30. The number of ether oxygens (including phenoxy) is 1. The Hall–Kier alpha value is -2.54. The van der Waals surface area contributed by atoms with Crippen molar-refractivity contribution in [1.82, 2.24) is 9.97 Å². The highest BCUT2D eigenvalue weighted by molar-refractivity contribution is 6.32. The fourth-order valence-corrected chi connectivity index (χ4v) is 1.44. The minimum Gasteiger partial charge on any atom is -0.423 e. The van der Waals surface area contributed by atoms with Gasteiger partial charge in [0.1, 0.15) is 5.75 Å². The van der Waals surface area contributed by atoms with Crippen LogP contribution in [0.25, 0.3) is 0 Å². The summed E-state index contributed by atoms with van der Waals surface area (Å²) >= 11 is 5.84. The fourth-order valence-electron chi connectivity index (χ4n) is 1.22. The largest absolute Gasteiger partial charge is 0.423 e. The Kier molecular flexibility index (Phi) is 3.67. The lowest BCUT2D eigenvalue weighted by Crippen LogP contribution is -1.94. The summed E-state index contributed by atoms with van der Waals surface area (Å²) in [6.07, 6.45) is 3.17. The van der Waals surface area contributed by atoms with Gasteiger partial charge in [0, 0.05) is 24.5 Å². The van der Waals surface area contributed by atoms with E-state index in [0.29, 0.717) is 11.8 Å². The quantitative estimate of drug-likeness (QED) is 0.485. The third-order valence-electron chi connectivity index (χ3n) is 2.11. The lowest BCUT2D eigenvalue weighted by atomic mass is 10.3. The number of nitro groups is 1. The Balaban J connectivity index is 2.22. The van der Waals surface area contributed by atoms with E-state index in [0.717, 1.165) is 6.07 Å². The first-order valence-electron chi connectivity index (χ1n) is 4.99. The second-order valence-corrected chi connectivity index (χ2v) is 3.80. The molecule has 0 aliphatic heterocycles. The van der Waals surface area contributed by atoms with E-state index in [9.17, 15) is 14.9 Å². The maximum absolute atomic E-state index is 10.5. The minimum absolute atomic E-state index is 0.0126. The summed E-state index contributed by atoms with van der Waals surface area (Å²) in [6.45, 7) is 0. The zero-order valence-electron chi connectivity index (χ0n) is 9.32. The van der Waals surface area contributed by atoms with Crippen LogP contribution in [-0.4, -0.2) is 21.2 Å². The van der Waals surface area contributed by atoms with Crippen molar-refractivity contribution in [3.63, 3.8) is 0 Å². The number of hydrogen-bond acceptors (Lipinski definition) is 6. The summed E-state index contributed by atoms with van der Waals surface area (Å²) in [5.41, 5.74) is 0.164. The van der Waals surface area contributed by atoms with Crippen molar-refractivity contribution in [3.05, 3.63) is 51.3 Å². The molecule has 1 heterocycles. The van der Waals surface area contributed by atoms with E-state index < -0.39 is 4.92 Å². The van der Waals surface area contributed by atoms with Gasteiger partial charge in [-0.15, -0.1) is 0 Å². The van der Waals surface area contributed by atoms with E-state index in [1.54, 1.807) is 0 Å². The molecule has 7 nitrogen and oxygen atoms in total. The first kappa shape index (κ1) is 12.9. The second-order valence-electron chi connectivity index (χ2n) is 3.39. The van der Waals surface area contributed by atoms with Crippen molar-refractivity contribution in [2.75, 3.05) is 0 Å². The average Bonchev–Trinajstić information content (AvgIpc) is 2.41. The van der Waals surface area contributed by atoms with Crippen LogP contribution in [0.3, 0.4) is 0 Å². The Bertz CT molecular complexity index is 630. The number of non-ortho nitro benzene ring substituents is 1. The summed E-state index contributed by atoms with van der Waals surface area (Å²) in [5, 5.41) is 10.6. The number of aldehydes is 1. The molecule has 1 aromatic heterocycles. The van der Waals surface area contributed by atoms with Gasteiger partial charge in [0.15, 0.2) is 6.29 Å². The number of nitrogens with zero attached hydrogens (tertiary/aromatic N) is 3. The van der Waals surface area contributed by atoms with Crippen LogP contribution < -0.4 is 4.74 Å². The minimum atomic E-state index is -0.564. The number of hydrogen-bond donors (Lipinski definition) is 0. The summed E-state index contributed by atoms with van der Waals surface area (Å²) in [6, 6.07) is 3.75. The van der Waals surface area contributed by atoms with Crippen molar-refractivity contribution < 1.29 is 14.5 Å². The van der Waals surface area contributed by atoms with Gasteiger partial charge in [-0.1, -0.05) is 11.6 Å². The van der Waals surface area contributed by atoms with Crippen LogP contribution in [0.2, 0.25) is 5.02 Å². The molecule has 19 heavy (non-hydrogen) atoms. The normalized spacial score (nSPS) is 9.95. The molecule has 0 bridgehead atoms. The standard InChI is InChI=1S/C11H6ClN3O4/c12-9-3-8(15(17)18)1-2-10(9)19-11-13-4-7(6-16)5-14-11/h1-6H. The zero-order chi connectivity index (χ0) is 13.8. The van der Waals surface area contributed by atoms with Crippen molar-refractivity contribution in [2.45, 2.75) is 0 Å².